The van der Waals surface area contributed by atoms with Crippen LogP contribution in [0.3, 0.4) is 0 Å². The van der Waals surface area contributed by atoms with E-state index in [2.05, 4.69) is 32.1 Å². The number of piperazine rings is 1. The molecule has 1 aliphatic rings. The van der Waals surface area contributed by atoms with Crippen molar-refractivity contribution < 1.29 is 0 Å². The van der Waals surface area contributed by atoms with Crippen molar-refractivity contribution in [3.05, 3.63) is 50.9 Å². The summed E-state index contributed by atoms with van der Waals surface area (Å²) in [6, 6.07) is 7.00. The van der Waals surface area contributed by atoms with Gasteiger partial charge in [0.1, 0.15) is 5.65 Å². The lowest BCUT2D eigenvalue weighted by Crippen LogP contribution is -2.44. The summed E-state index contributed by atoms with van der Waals surface area (Å²) in [5, 5.41) is 4.95. The average molecular weight is 475 g/mol. The number of pyridine rings is 1. The Labute approximate surface area is 198 Å². The molecule has 1 aromatic carbocycles. The highest BCUT2D eigenvalue weighted by Crippen LogP contribution is 2.33. The third-order valence-corrected chi connectivity index (χ3v) is 6.54. The molecule has 0 amide bonds. The number of anilines is 1. The molecule has 7 nitrogen and oxygen atoms in total. The zero-order valence-electron chi connectivity index (χ0n) is 18.4. The molecule has 170 valence electrons. The predicted molar refractivity (Wildman–Crippen MR) is 132 cm³/mol. The van der Waals surface area contributed by atoms with E-state index < -0.39 is 0 Å². The van der Waals surface area contributed by atoms with Crippen molar-refractivity contribution in [3.8, 4) is 11.1 Å². The molecule has 0 spiro atoms. The van der Waals surface area contributed by atoms with Crippen molar-refractivity contribution in [2.24, 2.45) is 0 Å². The molecule has 0 radical (unpaired) electrons. The summed E-state index contributed by atoms with van der Waals surface area (Å²) in [7, 11) is 2.16. The molecule has 0 bridgehead atoms. The van der Waals surface area contributed by atoms with Crippen molar-refractivity contribution in [2.75, 3.05) is 51.6 Å². The molecule has 0 unspecified atom stereocenters. The normalized spacial score (nSPS) is 15.4. The second kappa shape index (κ2) is 10.2. The summed E-state index contributed by atoms with van der Waals surface area (Å²) in [6.07, 6.45) is 2.75. The highest BCUT2D eigenvalue weighted by atomic mass is 35.5. The third-order valence-electron chi connectivity index (χ3n) is 5.91. The first-order valence-electron chi connectivity index (χ1n) is 11.0. The number of nitrogens with one attached hydrogen (secondary N) is 1. The number of benzene rings is 1. The topological polar surface area (TPSA) is 66.3 Å². The number of fused-ring (bicyclic) bond motifs is 1. The minimum absolute atomic E-state index is 0.172. The van der Waals surface area contributed by atoms with E-state index in [1.807, 2.05) is 6.92 Å². The zero-order chi connectivity index (χ0) is 22.7. The summed E-state index contributed by atoms with van der Waals surface area (Å²) in [5.41, 5.74) is 1.41. The second-order valence-electron chi connectivity index (χ2n) is 8.10. The first kappa shape index (κ1) is 23.0. The first-order chi connectivity index (χ1) is 15.5. The van der Waals surface area contributed by atoms with Gasteiger partial charge in [0, 0.05) is 56.4 Å². The number of hydrogen-bond acceptors (Lipinski definition) is 6. The maximum Gasteiger partial charge on any atom is 0.260 e. The Bertz CT molecular complexity index is 1140. The van der Waals surface area contributed by atoms with Crippen molar-refractivity contribution in [3.63, 3.8) is 0 Å². The van der Waals surface area contributed by atoms with E-state index in [1.54, 1.807) is 35.0 Å². The summed E-state index contributed by atoms with van der Waals surface area (Å²) in [5.74, 6) is 0.529. The first-order valence-corrected chi connectivity index (χ1v) is 11.7. The number of hydrogen-bond donors (Lipinski definition) is 1. The maximum absolute atomic E-state index is 13.2. The van der Waals surface area contributed by atoms with Gasteiger partial charge >= 0.3 is 0 Å². The van der Waals surface area contributed by atoms with E-state index in [4.69, 9.17) is 23.2 Å². The largest absolute Gasteiger partial charge is 0.354 e. The molecule has 0 atom stereocenters. The van der Waals surface area contributed by atoms with Crippen LogP contribution < -0.4 is 10.9 Å². The molecule has 1 aliphatic heterocycles. The van der Waals surface area contributed by atoms with Gasteiger partial charge in [-0.25, -0.2) is 4.98 Å². The van der Waals surface area contributed by atoms with Crippen molar-refractivity contribution >= 4 is 40.2 Å². The van der Waals surface area contributed by atoms with E-state index >= 15 is 0 Å². The van der Waals surface area contributed by atoms with Crippen LogP contribution in [0.5, 0.6) is 0 Å². The van der Waals surface area contributed by atoms with E-state index in [0.29, 0.717) is 39.3 Å². The van der Waals surface area contributed by atoms with Crippen molar-refractivity contribution in [2.45, 2.75) is 19.9 Å². The number of aromatic nitrogens is 3. The van der Waals surface area contributed by atoms with Gasteiger partial charge in [0.15, 0.2) is 0 Å². The highest BCUT2D eigenvalue weighted by Gasteiger charge is 2.17. The molecule has 1 fully saturated rings. The van der Waals surface area contributed by atoms with Crippen LogP contribution in [0.15, 0.2) is 35.3 Å². The van der Waals surface area contributed by atoms with E-state index in [0.717, 1.165) is 51.1 Å². The van der Waals surface area contributed by atoms with Gasteiger partial charge in [-0.2, -0.15) is 4.98 Å². The van der Waals surface area contributed by atoms with Gasteiger partial charge in [0.2, 0.25) is 5.95 Å². The molecular formula is C23H28Cl2N6O. The van der Waals surface area contributed by atoms with Crippen LogP contribution in [0.2, 0.25) is 10.0 Å². The summed E-state index contributed by atoms with van der Waals surface area (Å²) >= 11 is 12.7. The average Bonchev–Trinajstić information content (AvgIpc) is 2.78. The van der Waals surface area contributed by atoms with E-state index in [9.17, 15) is 4.79 Å². The van der Waals surface area contributed by atoms with Crippen LogP contribution in [0.4, 0.5) is 5.95 Å². The van der Waals surface area contributed by atoms with Gasteiger partial charge in [-0.15, -0.1) is 0 Å². The smallest absolute Gasteiger partial charge is 0.260 e. The molecule has 4 rings (SSSR count). The SMILES string of the molecule is CCn1c(=O)c(-c2c(Cl)cccc2Cl)cc2cnc(NCCCN3CCN(C)CC3)nc21. The second-order valence-corrected chi connectivity index (χ2v) is 8.92. The number of halogens is 2. The standard InChI is InChI=1S/C23H28Cl2N6O/c1-3-31-21-16(14-17(22(31)32)20-18(24)6-4-7-19(20)25)15-27-23(28-21)26-8-5-9-30-12-10-29(2)11-13-30/h4,6-7,14-15H,3,5,8-13H2,1-2H3,(H,26,27,28). The van der Waals surface area contributed by atoms with Crippen LogP contribution in [0, 0.1) is 0 Å². The Morgan fingerprint density at radius 3 is 2.53 bits per heavy atom. The molecule has 2 aromatic heterocycles. The lowest BCUT2D eigenvalue weighted by Gasteiger charge is -2.32. The Balaban J connectivity index is 1.53. The number of aryl methyl sites for hydroxylation is 1. The number of nitrogens with zero attached hydrogens (tertiary/aromatic N) is 5. The van der Waals surface area contributed by atoms with Gasteiger partial charge in [0.05, 0.1) is 15.6 Å². The van der Waals surface area contributed by atoms with E-state index in [-0.39, 0.29) is 5.56 Å². The molecule has 0 aliphatic carbocycles. The summed E-state index contributed by atoms with van der Waals surface area (Å²) in [4.78, 5) is 27.2. The van der Waals surface area contributed by atoms with Crippen molar-refractivity contribution in [1.29, 1.82) is 0 Å². The van der Waals surface area contributed by atoms with Crippen LogP contribution in [0.25, 0.3) is 22.2 Å². The van der Waals surface area contributed by atoms with Gasteiger partial charge in [-0.1, -0.05) is 29.3 Å². The highest BCUT2D eigenvalue weighted by molar-refractivity contribution is 6.39. The minimum atomic E-state index is -0.172. The molecule has 9 heteroatoms. The fourth-order valence-corrected chi connectivity index (χ4v) is 4.65. The molecule has 0 saturated carbocycles. The summed E-state index contributed by atoms with van der Waals surface area (Å²) in [6.45, 7) is 8.70. The van der Waals surface area contributed by atoms with Crippen LogP contribution in [-0.4, -0.2) is 70.7 Å². The quantitative estimate of drug-likeness (QED) is 0.524. The molecule has 3 aromatic rings. The molecule has 1 saturated heterocycles. The van der Waals surface area contributed by atoms with Crippen LogP contribution >= 0.6 is 23.2 Å². The minimum Gasteiger partial charge on any atom is -0.354 e. The fourth-order valence-electron chi connectivity index (χ4n) is 4.05. The Hall–Kier alpha value is -2.19. The van der Waals surface area contributed by atoms with Gasteiger partial charge in [-0.3, -0.25) is 9.36 Å². The van der Waals surface area contributed by atoms with E-state index in [1.165, 1.54) is 0 Å². The lowest BCUT2D eigenvalue weighted by atomic mass is 10.1. The Morgan fingerprint density at radius 1 is 1.12 bits per heavy atom. The lowest BCUT2D eigenvalue weighted by molar-refractivity contribution is 0.154. The van der Waals surface area contributed by atoms with Crippen molar-refractivity contribution in [1.82, 2.24) is 24.3 Å². The Kier molecular flexibility index (Phi) is 7.30. The van der Waals surface area contributed by atoms with Gasteiger partial charge in [0.25, 0.3) is 5.56 Å². The fraction of sp³-hybridized carbons (Fsp3) is 0.435. The molecule has 32 heavy (non-hydrogen) atoms. The Morgan fingerprint density at radius 2 is 1.84 bits per heavy atom. The monoisotopic (exact) mass is 474 g/mol. The third kappa shape index (κ3) is 4.91. The maximum atomic E-state index is 13.2. The number of rotatable bonds is 7. The zero-order valence-corrected chi connectivity index (χ0v) is 20.0. The van der Waals surface area contributed by atoms with Gasteiger partial charge in [-0.05, 0) is 45.1 Å². The molecule has 1 N–H and O–H groups in total. The van der Waals surface area contributed by atoms with Crippen LogP contribution in [-0.2, 0) is 6.54 Å². The molecular weight excluding hydrogens is 447 g/mol. The predicted octanol–water partition coefficient (Wildman–Crippen LogP) is 3.83. The number of likely N-dealkylation sites (N-methyl/N-ethyl adjacent to an activating group) is 1. The summed E-state index contributed by atoms with van der Waals surface area (Å²) < 4.78 is 1.64. The molecule has 3 heterocycles. The van der Waals surface area contributed by atoms with Crippen LogP contribution in [0.1, 0.15) is 13.3 Å². The van der Waals surface area contributed by atoms with Gasteiger partial charge < -0.3 is 15.1 Å².